The number of nitrogens with zero attached hydrogens (tertiary/aromatic N) is 1. The topological polar surface area (TPSA) is 15.3 Å². The fourth-order valence-electron chi connectivity index (χ4n) is 2.26. The van der Waals surface area contributed by atoms with Crippen LogP contribution in [0.25, 0.3) is 0 Å². The van der Waals surface area contributed by atoms with Gasteiger partial charge in [-0.2, -0.15) is 11.8 Å². The first-order chi connectivity index (χ1) is 8.79. The summed E-state index contributed by atoms with van der Waals surface area (Å²) in [7, 11) is 0. The lowest BCUT2D eigenvalue weighted by Crippen LogP contribution is -2.40. The molecule has 2 nitrogen and oxygen atoms in total. The van der Waals surface area contributed by atoms with Crippen LogP contribution in [0.15, 0.2) is 24.3 Å². The van der Waals surface area contributed by atoms with E-state index in [1.807, 2.05) is 17.8 Å². The maximum atomic E-state index is 13.2. The molecule has 1 aliphatic rings. The van der Waals surface area contributed by atoms with E-state index in [1.165, 1.54) is 17.6 Å². The Morgan fingerprint density at radius 3 is 3.06 bits per heavy atom. The normalized spacial score (nSPS) is 19.8. The Balaban J connectivity index is 1.88. The van der Waals surface area contributed by atoms with Gasteiger partial charge in [-0.25, -0.2) is 4.39 Å². The number of thioether (sulfide) groups is 1. The Bertz CT molecular complexity index is 367. The predicted octanol–water partition coefficient (Wildman–Crippen LogP) is 2.75. The number of halogens is 1. The van der Waals surface area contributed by atoms with Crippen molar-refractivity contribution in [2.75, 3.05) is 36.0 Å². The highest BCUT2D eigenvalue weighted by molar-refractivity contribution is 7.99. The number of hydrogen-bond acceptors (Lipinski definition) is 3. The number of rotatable bonds is 5. The first-order valence-corrected chi connectivity index (χ1v) is 7.76. The zero-order valence-corrected chi connectivity index (χ0v) is 11.7. The maximum Gasteiger partial charge on any atom is 0.125 e. The van der Waals surface area contributed by atoms with E-state index >= 15 is 0 Å². The molecule has 0 amide bonds. The lowest BCUT2D eigenvalue weighted by atomic mass is 10.2. The molecule has 0 bridgehead atoms. The van der Waals surface area contributed by atoms with Gasteiger partial charge in [-0.15, -0.1) is 0 Å². The summed E-state index contributed by atoms with van der Waals surface area (Å²) in [5.74, 6) is 2.26. The van der Waals surface area contributed by atoms with Crippen LogP contribution in [0.5, 0.6) is 0 Å². The Kier molecular flexibility index (Phi) is 5.32. The van der Waals surface area contributed by atoms with Crippen molar-refractivity contribution < 1.29 is 4.39 Å². The molecule has 1 unspecified atom stereocenters. The number of nitrogens with one attached hydrogen (secondary N) is 1. The average Bonchev–Trinajstić information content (AvgIpc) is 2.41. The zero-order valence-electron chi connectivity index (χ0n) is 10.9. The van der Waals surface area contributed by atoms with Crippen molar-refractivity contribution in [3.05, 3.63) is 30.1 Å². The third kappa shape index (κ3) is 3.89. The van der Waals surface area contributed by atoms with Crippen molar-refractivity contribution in [1.82, 2.24) is 5.32 Å². The second-order valence-electron chi connectivity index (χ2n) is 4.57. The lowest BCUT2D eigenvalue weighted by molar-refractivity contribution is 0.525. The van der Waals surface area contributed by atoms with Crippen LogP contribution in [0, 0.1) is 5.82 Å². The van der Waals surface area contributed by atoms with Crippen LogP contribution in [0.3, 0.4) is 0 Å². The van der Waals surface area contributed by atoms with Crippen LogP contribution in [0.2, 0.25) is 0 Å². The minimum Gasteiger partial charge on any atom is -0.372 e. The van der Waals surface area contributed by atoms with Crippen LogP contribution in [-0.2, 0) is 0 Å². The van der Waals surface area contributed by atoms with Crippen LogP contribution in [0.4, 0.5) is 10.1 Å². The Morgan fingerprint density at radius 1 is 1.50 bits per heavy atom. The van der Waals surface area contributed by atoms with Gasteiger partial charge in [-0.05, 0) is 31.5 Å². The van der Waals surface area contributed by atoms with Gasteiger partial charge in [0.2, 0.25) is 0 Å². The first kappa shape index (κ1) is 13.7. The van der Waals surface area contributed by atoms with Crippen molar-refractivity contribution in [3.63, 3.8) is 0 Å². The van der Waals surface area contributed by atoms with Crippen LogP contribution in [-0.4, -0.2) is 37.2 Å². The van der Waals surface area contributed by atoms with Gasteiger partial charge in [0.15, 0.2) is 0 Å². The molecular formula is C14H21FN2S. The largest absolute Gasteiger partial charge is 0.372 e. The van der Waals surface area contributed by atoms with Crippen molar-refractivity contribution >= 4 is 17.4 Å². The molecule has 2 rings (SSSR count). The summed E-state index contributed by atoms with van der Waals surface area (Å²) in [5.41, 5.74) is 0.987. The van der Waals surface area contributed by atoms with Gasteiger partial charge in [0.05, 0.1) is 0 Å². The molecule has 18 heavy (non-hydrogen) atoms. The molecular weight excluding hydrogens is 247 g/mol. The average molecular weight is 268 g/mol. The summed E-state index contributed by atoms with van der Waals surface area (Å²) in [6, 6.07) is 7.48. The van der Waals surface area contributed by atoms with Crippen molar-refractivity contribution in [3.8, 4) is 0 Å². The van der Waals surface area contributed by atoms with E-state index in [0.717, 1.165) is 31.7 Å². The summed E-state index contributed by atoms with van der Waals surface area (Å²) in [6.45, 7) is 5.14. The molecule has 1 saturated heterocycles. The van der Waals surface area contributed by atoms with Crippen LogP contribution < -0.4 is 10.2 Å². The van der Waals surface area contributed by atoms with E-state index in [9.17, 15) is 4.39 Å². The summed E-state index contributed by atoms with van der Waals surface area (Å²) >= 11 is 2.02. The molecule has 0 radical (unpaired) electrons. The highest BCUT2D eigenvalue weighted by Crippen LogP contribution is 2.17. The fraction of sp³-hybridized carbons (Fsp3) is 0.571. The Labute approximate surface area is 113 Å². The van der Waals surface area contributed by atoms with Crippen molar-refractivity contribution in [1.29, 1.82) is 0 Å². The first-order valence-electron chi connectivity index (χ1n) is 6.61. The zero-order chi connectivity index (χ0) is 12.8. The quantitative estimate of drug-likeness (QED) is 0.884. The number of anilines is 1. The van der Waals surface area contributed by atoms with Gasteiger partial charge in [0.1, 0.15) is 5.82 Å². The molecule has 4 heteroatoms. The van der Waals surface area contributed by atoms with Gasteiger partial charge in [-0.1, -0.05) is 6.07 Å². The summed E-state index contributed by atoms with van der Waals surface area (Å²) in [6.07, 6.45) is 1.12. The molecule has 1 atom stereocenters. The second-order valence-corrected chi connectivity index (χ2v) is 5.72. The summed E-state index contributed by atoms with van der Waals surface area (Å²) < 4.78 is 13.2. The maximum absolute atomic E-state index is 13.2. The van der Waals surface area contributed by atoms with E-state index in [-0.39, 0.29) is 5.82 Å². The fourth-order valence-corrected chi connectivity index (χ4v) is 3.26. The monoisotopic (exact) mass is 268 g/mol. The van der Waals surface area contributed by atoms with Crippen molar-refractivity contribution in [2.24, 2.45) is 0 Å². The van der Waals surface area contributed by atoms with E-state index in [2.05, 4.69) is 17.1 Å². The smallest absolute Gasteiger partial charge is 0.125 e. The van der Waals surface area contributed by atoms with E-state index in [4.69, 9.17) is 0 Å². The molecule has 1 N–H and O–H groups in total. The third-order valence-electron chi connectivity index (χ3n) is 3.30. The molecule has 0 spiro atoms. The van der Waals surface area contributed by atoms with Crippen molar-refractivity contribution in [2.45, 2.75) is 19.4 Å². The minimum absolute atomic E-state index is 0.155. The predicted molar refractivity (Wildman–Crippen MR) is 78.0 cm³/mol. The van der Waals surface area contributed by atoms with E-state index < -0.39 is 0 Å². The highest BCUT2D eigenvalue weighted by atomic mass is 32.2. The molecule has 1 aliphatic heterocycles. The summed E-state index contributed by atoms with van der Waals surface area (Å²) in [5, 5.41) is 3.54. The highest BCUT2D eigenvalue weighted by Gasteiger charge is 2.14. The van der Waals surface area contributed by atoms with Gasteiger partial charge in [-0.3, -0.25) is 0 Å². The lowest BCUT2D eigenvalue weighted by Gasteiger charge is -2.28. The number of hydrogen-bond donors (Lipinski definition) is 1. The molecule has 1 heterocycles. The molecule has 1 fully saturated rings. The minimum atomic E-state index is -0.155. The Morgan fingerprint density at radius 2 is 2.39 bits per heavy atom. The molecule has 1 aromatic rings. The Hall–Kier alpha value is -0.740. The van der Waals surface area contributed by atoms with Gasteiger partial charge in [0.25, 0.3) is 0 Å². The van der Waals surface area contributed by atoms with Crippen LogP contribution in [0.1, 0.15) is 13.3 Å². The van der Waals surface area contributed by atoms with E-state index in [1.54, 1.807) is 12.1 Å². The van der Waals surface area contributed by atoms with E-state index in [0.29, 0.717) is 6.04 Å². The van der Waals surface area contributed by atoms with Gasteiger partial charge in [0, 0.05) is 42.9 Å². The molecule has 1 aromatic carbocycles. The number of benzene rings is 1. The molecule has 100 valence electrons. The molecule has 0 saturated carbocycles. The molecule has 0 aliphatic carbocycles. The van der Waals surface area contributed by atoms with Gasteiger partial charge >= 0.3 is 0 Å². The van der Waals surface area contributed by atoms with Gasteiger partial charge < -0.3 is 10.2 Å². The third-order valence-corrected chi connectivity index (χ3v) is 4.43. The SMILES string of the molecule is CCN(CCC1CSCCN1)c1cccc(F)c1. The standard InChI is InChI=1S/C14H21FN2S/c1-2-17(14-5-3-4-12(15)10-14)8-6-13-11-18-9-7-16-13/h3-5,10,13,16H,2,6-9,11H2,1H3. The van der Waals surface area contributed by atoms with Crippen LogP contribution >= 0.6 is 11.8 Å². The molecule has 0 aromatic heterocycles. The second kappa shape index (κ2) is 7.00. The summed E-state index contributed by atoms with van der Waals surface area (Å²) in [4.78, 5) is 2.24.